The van der Waals surface area contributed by atoms with Crippen LogP contribution in [0.1, 0.15) is 23.6 Å². The molecule has 0 fully saturated rings. The highest BCUT2D eigenvalue weighted by Crippen LogP contribution is 2.22. The van der Waals surface area contributed by atoms with Crippen molar-refractivity contribution in [3.63, 3.8) is 0 Å². The molecule has 10 heavy (non-hydrogen) atoms. The van der Waals surface area contributed by atoms with E-state index < -0.39 is 0 Å². The standard InChI is InChI=1S/C9H12S/c1-4-8-5-6-9(10-8)7(2)3/h5-6H,2,4H2,1,3H3. The summed E-state index contributed by atoms with van der Waals surface area (Å²) in [5, 5.41) is 0. The number of hydrogen-bond acceptors (Lipinski definition) is 1. The predicted molar refractivity (Wildman–Crippen MR) is 48.4 cm³/mol. The minimum Gasteiger partial charge on any atom is -0.141 e. The molecule has 1 heterocycles. The van der Waals surface area contributed by atoms with Crippen molar-refractivity contribution in [2.24, 2.45) is 0 Å². The molecule has 1 rings (SSSR count). The first-order valence-corrected chi connectivity index (χ1v) is 4.30. The third-order valence-corrected chi connectivity index (χ3v) is 2.82. The van der Waals surface area contributed by atoms with Crippen LogP contribution in [0.5, 0.6) is 0 Å². The lowest BCUT2D eigenvalue weighted by atomic mass is 10.3. The van der Waals surface area contributed by atoms with Gasteiger partial charge in [-0.1, -0.05) is 13.5 Å². The average Bonchev–Trinajstić information content (AvgIpc) is 2.34. The van der Waals surface area contributed by atoms with Crippen molar-refractivity contribution in [1.82, 2.24) is 0 Å². The Kier molecular flexibility index (Phi) is 2.28. The van der Waals surface area contributed by atoms with Gasteiger partial charge < -0.3 is 0 Å². The summed E-state index contributed by atoms with van der Waals surface area (Å²) < 4.78 is 0. The van der Waals surface area contributed by atoms with Crippen molar-refractivity contribution >= 4 is 16.9 Å². The summed E-state index contributed by atoms with van der Waals surface area (Å²) in [6.45, 7) is 8.10. The first-order valence-electron chi connectivity index (χ1n) is 3.48. The van der Waals surface area contributed by atoms with E-state index in [0.29, 0.717) is 0 Å². The molecule has 0 aromatic carbocycles. The molecule has 0 aliphatic rings. The van der Waals surface area contributed by atoms with E-state index in [2.05, 4.69) is 25.6 Å². The van der Waals surface area contributed by atoms with E-state index in [-0.39, 0.29) is 0 Å². The van der Waals surface area contributed by atoms with Gasteiger partial charge in [0.15, 0.2) is 0 Å². The van der Waals surface area contributed by atoms with Crippen LogP contribution in [0.2, 0.25) is 0 Å². The van der Waals surface area contributed by atoms with E-state index in [9.17, 15) is 0 Å². The maximum atomic E-state index is 3.88. The minimum absolute atomic E-state index is 1.14. The lowest BCUT2D eigenvalue weighted by Crippen LogP contribution is -1.65. The van der Waals surface area contributed by atoms with Gasteiger partial charge in [0.1, 0.15) is 0 Å². The topological polar surface area (TPSA) is 0 Å². The molecule has 0 radical (unpaired) electrons. The molecule has 0 atom stereocenters. The zero-order valence-corrected chi connectivity index (χ0v) is 7.29. The first kappa shape index (κ1) is 7.55. The van der Waals surface area contributed by atoms with Crippen LogP contribution in [0, 0.1) is 0 Å². The molecule has 0 bridgehead atoms. The summed E-state index contributed by atoms with van der Waals surface area (Å²) in [6.07, 6.45) is 1.14. The zero-order valence-electron chi connectivity index (χ0n) is 6.48. The van der Waals surface area contributed by atoms with Gasteiger partial charge in [-0.05, 0) is 31.1 Å². The van der Waals surface area contributed by atoms with Crippen molar-refractivity contribution in [2.75, 3.05) is 0 Å². The van der Waals surface area contributed by atoms with Gasteiger partial charge in [-0.15, -0.1) is 11.3 Å². The molecular formula is C9H12S. The van der Waals surface area contributed by atoms with Crippen molar-refractivity contribution < 1.29 is 0 Å². The maximum Gasteiger partial charge on any atom is 0.0296 e. The monoisotopic (exact) mass is 152 g/mol. The van der Waals surface area contributed by atoms with Gasteiger partial charge in [0.2, 0.25) is 0 Å². The Balaban J connectivity index is 2.88. The summed E-state index contributed by atoms with van der Waals surface area (Å²) in [6, 6.07) is 4.32. The molecular weight excluding hydrogens is 140 g/mol. The van der Waals surface area contributed by atoms with Crippen LogP contribution in [-0.4, -0.2) is 0 Å². The number of thiophene rings is 1. The summed E-state index contributed by atoms with van der Waals surface area (Å²) >= 11 is 1.84. The summed E-state index contributed by atoms with van der Waals surface area (Å²) in [5.74, 6) is 0. The lowest BCUT2D eigenvalue weighted by Gasteiger charge is -1.89. The van der Waals surface area contributed by atoms with Gasteiger partial charge in [-0.25, -0.2) is 0 Å². The molecule has 0 unspecified atom stereocenters. The molecule has 0 saturated heterocycles. The van der Waals surface area contributed by atoms with Crippen LogP contribution in [0.15, 0.2) is 18.7 Å². The van der Waals surface area contributed by atoms with Gasteiger partial charge in [-0.3, -0.25) is 0 Å². The molecule has 1 aromatic heterocycles. The quantitative estimate of drug-likeness (QED) is 0.609. The summed E-state index contributed by atoms with van der Waals surface area (Å²) in [7, 11) is 0. The van der Waals surface area contributed by atoms with Gasteiger partial charge in [0.05, 0.1) is 0 Å². The van der Waals surface area contributed by atoms with Crippen molar-refractivity contribution in [3.05, 3.63) is 28.5 Å². The molecule has 1 heteroatoms. The van der Waals surface area contributed by atoms with E-state index >= 15 is 0 Å². The molecule has 0 amide bonds. The van der Waals surface area contributed by atoms with Crippen LogP contribution in [0.25, 0.3) is 5.57 Å². The largest absolute Gasteiger partial charge is 0.141 e. The number of rotatable bonds is 2. The van der Waals surface area contributed by atoms with E-state index in [4.69, 9.17) is 0 Å². The smallest absolute Gasteiger partial charge is 0.0296 e. The number of allylic oxidation sites excluding steroid dienone is 1. The predicted octanol–water partition coefficient (Wildman–Crippen LogP) is 3.34. The minimum atomic E-state index is 1.14. The number of aryl methyl sites for hydroxylation is 1. The molecule has 1 aromatic rings. The highest BCUT2D eigenvalue weighted by molar-refractivity contribution is 7.13. The van der Waals surface area contributed by atoms with Crippen molar-refractivity contribution in [3.8, 4) is 0 Å². The van der Waals surface area contributed by atoms with E-state index in [1.165, 1.54) is 15.3 Å². The Morgan fingerprint density at radius 1 is 1.60 bits per heavy atom. The normalized spacial score (nSPS) is 9.80. The lowest BCUT2D eigenvalue weighted by molar-refractivity contribution is 1.19. The van der Waals surface area contributed by atoms with E-state index in [1.54, 1.807) is 0 Å². The SMILES string of the molecule is C=C(C)c1ccc(CC)s1. The van der Waals surface area contributed by atoms with Gasteiger partial charge in [0.25, 0.3) is 0 Å². The Hall–Kier alpha value is -0.560. The maximum absolute atomic E-state index is 3.88. The fourth-order valence-electron chi connectivity index (χ4n) is 0.797. The Labute approximate surface area is 66.2 Å². The summed E-state index contributed by atoms with van der Waals surface area (Å²) in [5.41, 5.74) is 1.17. The van der Waals surface area contributed by atoms with Crippen LogP contribution in [0.4, 0.5) is 0 Å². The third kappa shape index (κ3) is 1.48. The second kappa shape index (κ2) is 3.02. The molecule has 0 nitrogen and oxygen atoms in total. The molecule has 0 N–H and O–H groups in total. The van der Waals surface area contributed by atoms with Gasteiger partial charge >= 0.3 is 0 Å². The van der Waals surface area contributed by atoms with E-state index in [0.717, 1.165) is 6.42 Å². The Morgan fingerprint density at radius 3 is 2.60 bits per heavy atom. The molecule has 54 valence electrons. The highest BCUT2D eigenvalue weighted by Gasteiger charge is 1.96. The fourth-order valence-corrected chi connectivity index (χ4v) is 1.67. The average molecular weight is 152 g/mol. The van der Waals surface area contributed by atoms with Crippen LogP contribution in [-0.2, 0) is 6.42 Å². The first-order chi connectivity index (χ1) is 4.74. The Bertz CT molecular complexity index is 233. The Morgan fingerprint density at radius 2 is 2.30 bits per heavy atom. The molecule has 0 aliphatic heterocycles. The third-order valence-electron chi connectivity index (χ3n) is 1.43. The van der Waals surface area contributed by atoms with E-state index in [1.807, 2.05) is 18.3 Å². The van der Waals surface area contributed by atoms with Crippen LogP contribution < -0.4 is 0 Å². The molecule has 0 spiro atoms. The fraction of sp³-hybridized carbons (Fsp3) is 0.333. The highest BCUT2D eigenvalue weighted by atomic mass is 32.1. The van der Waals surface area contributed by atoms with Crippen molar-refractivity contribution in [2.45, 2.75) is 20.3 Å². The van der Waals surface area contributed by atoms with Crippen LogP contribution in [0.3, 0.4) is 0 Å². The summed E-state index contributed by atoms with van der Waals surface area (Å²) in [4.78, 5) is 2.76. The van der Waals surface area contributed by atoms with Gasteiger partial charge in [0, 0.05) is 9.75 Å². The number of hydrogen-bond donors (Lipinski definition) is 0. The zero-order chi connectivity index (χ0) is 7.56. The molecule has 0 saturated carbocycles. The second-order valence-corrected chi connectivity index (χ2v) is 3.57. The van der Waals surface area contributed by atoms with Crippen molar-refractivity contribution in [1.29, 1.82) is 0 Å². The molecule has 0 aliphatic carbocycles. The van der Waals surface area contributed by atoms with Gasteiger partial charge in [-0.2, -0.15) is 0 Å². The van der Waals surface area contributed by atoms with Crippen LogP contribution >= 0.6 is 11.3 Å². The second-order valence-electron chi connectivity index (χ2n) is 2.40.